The van der Waals surface area contributed by atoms with Gasteiger partial charge in [0.1, 0.15) is 5.60 Å². The lowest BCUT2D eigenvalue weighted by Gasteiger charge is -2.33. The number of carbonyl (C=O) groups is 1. The van der Waals surface area contributed by atoms with Gasteiger partial charge in [0.25, 0.3) is 0 Å². The summed E-state index contributed by atoms with van der Waals surface area (Å²) in [5, 5.41) is 12.4. The van der Waals surface area contributed by atoms with Gasteiger partial charge in [0.15, 0.2) is 5.78 Å². The quantitative estimate of drug-likeness (QED) is 0.336. The molecule has 0 amide bonds. The second-order valence-corrected chi connectivity index (χ2v) is 9.66. The van der Waals surface area contributed by atoms with Crippen molar-refractivity contribution >= 4 is 5.78 Å². The first-order valence-electron chi connectivity index (χ1n) is 12.0. The molecule has 4 aromatic carbocycles. The number of Topliss-reactive ketones (excluding diaryl/α,β-unsaturated/α-hetero) is 1. The summed E-state index contributed by atoms with van der Waals surface area (Å²) < 4.78 is 0. The molecule has 0 spiro atoms. The number of carbonyl (C=O) groups excluding carboxylic acids is 1. The van der Waals surface area contributed by atoms with Gasteiger partial charge < -0.3 is 5.11 Å². The summed E-state index contributed by atoms with van der Waals surface area (Å²) in [6.07, 6.45) is 0.488. The van der Waals surface area contributed by atoms with Crippen LogP contribution in [0.25, 0.3) is 0 Å². The van der Waals surface area contributed by atoms with Crippen LogP contribution in [0.5, 0.6) is 0 Å². The molecule has 1 aliphatic rings. The minimum absolute atomic E-state index is 0.00430. The van der Waals surface area contributed by atoms with Gasteiger partial charge in [-0.1, -0.05) is 120 Å². The Bertz CT molecular complexity index is 1260. The van der Waals surface area contributed by atoms with Crippen LogP contribution in [0.15, 0.2) is 109 Å². The van der Waals surface area contributed by atoms with Gasteiger partial charge in [0, 0.05) is 11.5 Å². The molecule has 4 atom stereocenters. The predicted molar refractivity (Wildman–Crippen MR) is 137 cm³/mol. The topological polar surface area (TPSA) is 37.3 Å². The lowest BCUT2D eigenvalue weighted by atomic mass is 9.73. The molecule has 4 aromatic rings. The summed E-state index contributed by atoms with van der Waals surface area (Å²) in [7, 11) is 0. The molecule has 0 unspecified atom stereocenters. The first-order valence-corrected chi connectivity index (χ1v) is 12.0. The third-order valence-electron chi connectivity index (χ3n) is 7.42. The van der Waals surface area contributed by atoms with Crippen molar-refractivity contribution in [1.29, 1.82) is 0 Å². The van der Waals surface area contributed by atoms with E-state index in [-0.39, 0.29) is 17.6 Å². The van der Waals surface area contributed by atoms with E-state index >= 15 is 0 Å². The van der Waals surface area contributed by atoms with Crippen LogP contribution in [0.3, 0.4) is 0 Å². The van der Waals surface area contributed by atoms with Crippen LogP contribution in [0.2, 0.25) is 0 Å². The van der Waals surface area contributed by atoms with E-state index in [4.69, 9.17) is 0 Å². The fourth-order valence-electron chi connectivity index (χ4n) is 5.66. The monoisotopic (exact) mass is 446 g/mol. The van der Waals surface area contributed by atoms with Gasteiger partial charge in [-0.05, 0) is 42.9 Å². The van der Waals surface area contributed by atoms with Crippen molar-refractivity contribution in [3.8, 4) is 0 Å². The van der Waals surface area contributed by atoms with Crippen molar-refractivity contribution in [2.24, 2.45) is 5.92 Å². The fraction of sp³-hybridized carbons (Fsp3) is 0.219. The highest BCUT2D eigenvalue weighted by Crippen LogP contribution is 2.59. The molecule has 2 nitrogen and oxygen atoms in total. The molecule has 1 fully saturated rings. The van der Waals surface area contributed by atoms with Crippen molar-refractivity contribution < 1.29 is 9.90 Å². The zero-order valence-electron chi connectivity index (χ0n) is 19.7. The lowest BCUT2D eigenvalue weighted by molar-refractivity contribution is -0.000259. The van der Waals surface area contributed by atoms with Gasteiger partial charge in [0.2, 0.25) is 0 Å². The molecule has 34 heavy (non-hydrogen) atoms. The van der Waals surface area contributed by atoms with E-state index in [1.54, 1.807) is 0 Å². The Morgan fingerprint density at radius 3 is 1.76 bits per heavy atom. The van der Waals surface area contributed by atoms with E-state index in [2.05, 4.69) is 24.3 Å². The molecule has 1 aliphatic carbocycles. The maximum absolute atomic E-state index is 14.2. The van der Waals surface area contributed by atoms with Crippen LogP contribution < -0.4 is 0 Å². The van der Waals surface area contributed by atoms with Gasteiger partial charge in [-0.2, -0.15) is 0 Å². The number of hydrogen-bond donors (Lipinski definition) is 1. The molecule has 170 valence electrons. The largest absolute Gasteiger partial charge is 0.384 e. The smallest absolute Gasteiger partial charge is 0.169 e. The Labute approximate surface area is 201 Å². The molecule has 0 heterocycles. The summed E-state index contributed by atoms with van der Waals surface area (Å²) in [5.74, 6) is -0.751. The summed E-state index contributed by atoms with van der Waals surface area (Å²) in [6.45, 7) is 4.06. The Morgan fingerprint density at radius 2 is 1.21 bits per heavy atom. The summed E-state index contributed by atoms with van der Waals surface area (Å²) in [5.41, 5.74) is 4.66. The number of hydrogen-bond acceptors (Lipinski definition) is 2. The molecule has 0 aliphatic heterocycles. The third-order valence-corrected chi connectivity index (χ3v) is 7.42. The maximum atomic E-state index is 14.2. The first kappa shape index (κ1) is 22.3. The first-order chi connectivity index (χ1) is 16.5. The SMILES string of the molecule is Cc1ccc(C(=O)[C@H]2[C@H](c3ccccc3)[C@@H](c3ccccc3)C[C@@]2(O)c2ccc(C)cc2)cc1. The molecule has 2 heteroatoms. The van der Waals surface area contributed by atoms with Crippen molar-refractivity contribution in [2.45, 2.75) is 37.7 Å². The average molecular weight is 447 g/mol. The normalized spacial score (nSPS) is 24.1. The van der Waals surface area contributed by atoms with Gasteiger partial charge >= 0.3 is 0 Å². The molecular weight excluding hydrogens is 416 g/mol. The second-order valence-electron chi connectivity index (χ2n) is 9.66. The Morgan fingerprint density at radius 1 is 0.706 bits per heavy atom. The van der Waals surface area contributed by atoms with Gasteiger partial charge in [-0.3, -0.25) is 4.79 Å². The van der Waals surface area contributed by atoms with Gasteiger partial charge in [-0.25, -0.2) is 0 Å². The molecule has 5 rings (SSSR count). The number of aliphatic hydroxyl groups is 1. The molecule has 1 saturated carbocycles. The van der Waals surface area contributed by atoms with E-state index in [0.717, 1.165) is 27.8 Å². The summed E-state index contributed by atoms with van der Waals surface area (Å²) >= 11 is 0. The van der Waals surface area contributed by atoms with E-state index in [1.165, 1.54) is 0 Å². The highest BCUT2D eigenvalue weighted by Gasteiger charge is 2.57. The Balaban J connectivity index is 1.72. The van der Waals surface area contributed by atoms with Crippen molar-refractivity contribution in [1.82, 2.24) is 0 Å². The maximum Gasteiger partial charge on any atom is 0.169 e. The number of benzene rings is 4. The molecule has 0 radical (unpaired) electrons. The number of rotatable bonds is 5. The fourth-order valence-corrected chi connectivity index (χ4v) is 5.66. The van der Waals surface area contributed by atoms with Crippen molar-refractivity contribution in [3.63, 3.8) is 0 Å². The van der Waals surface area contributed by atoms with Crippen molar-refractivity contribution in [2.75, 3.05) is 0 Å². The van der Waals surface area contributed by atoms with Crippen molar-refractivity contribution in [3.05, 3.63) is 143 Å². The van der Waals surface area contributed by atoms with Crippen LogP contribution in [-0.4, -0.2) is 10.9 Å². The number of aryl methyl sites for hydroxylation is 2. The minimum Gasteiger partial charge on any atom is -0.384 e. The van der Waals surface area contributed by atoms with E-state index in [9.17, 15) is 9.90 Å². The van der Waals surface area contributed by atoms with Crippen LogP contribution in [0, 0.1) is 19.8 Å². The molecule has 0 bridgehead atoms. The van der Waals surface area contributed by atoms with Crippen LogP contribution >= 0.6 is 0 Å². The molecule has 0 saturated heterocycles. The predicted octanol–water partition coefficient (Wildman–Crippen LogP) is 6.96. The zero-order chi connectivity index (χ0) is 23.7. The average Bonchev–Trinajstić information content (AvgIpc) is 3.19. The summed E-state index contributed by atoms with van der Waals surface area (Å²) in [4.78, 5) is 14.2. The minimum atomic E-state index is -1.28. The second kappa shape index (κ2) is 9.04. The standard InChI is InChI=1S/C32H30O2/c1-22-13-17-26(18-14-22)31(33)30-29(25-11-7-4-8-12-25)28(24-9-5-3-6-10-24)21-32(30,34)27-19-15-23(2)16-20-27/h3-20,28-30,34H,21H2,1-2H3/t28-,29-,30-,32-/m1/s1. The van der Waals surface area contributed by atoms with Crippen LogP contribution in [-0.2, 0) is 5.60 Å². The zero-order valence-corrected chi connectivity index (χ0v) is 19.7. The molecule has 1 N–H and O–H groups in total. The third kappa shape index (κ3) is 3.99. The Kier molecular flexibility index (Phi) is 5.93. The molecule has 0 aromatic heterocycles. The highest BCUT2D eigenvalue weighted by molar-refractivity contribution is 6.00. The van der Waals surface area contributed by atoms with Gasteiger partial charge in [-0.15, -0.1) is 0 Å². The van der Waals surface area contributed by atoms with Gasteiger partial charge in [0.05, 0.1) is 5.92 Å². The number of ketones is 1. The summed E-state index contributed by atoms with van der Waals surface area (Å²) in [6, 6.07) is 36.3. The van der Waals surface area contributed by atoms with Crippen LogP contribution in [0.1, 0.15) is 56.4 Å². The molecular formula is C32H30O2. The Hall–Kier alpha value is -3.49. The van der Waals surface area contributed by atoms with Crippen LogP contribution in [0.4, 0.5) is 0 Å². The van der Waals surface area contributed by atoms with E-state index < -0.39 is 11.5 Å². The van der Waals surface area contributed by atoms with E-state index in [1.807, 2.05) is 98.8 Å². The van der Waals surface area contributed by atoms with E-state index in [0.29, 0.717) is 12.0 Å². The lowest BCUT2D eigenvalue weighted by Crippen LogP contribution is -2.38. The highest BCUT2D eigenvalue weighted by atomic mass is 16.3.